The van der Waals surface area contributed by atoms with Gasteiger partial charge >= 0.3 is 179 Å². The minimum absolute atomic E-state index is 0.693. The van der Waals surface area contributed by atoms with Gasteiger partial charge in [-0.2, -0.15) is 0 Å². The third-order valence-corrected chi connectivity index (χ3v) is 23.5. The molecular weight excluding hydrogens is 499 g/mol. The molecule has 0 aliphatic heterocycles. The van der Waals surface area contributed by atoms with E-state index in [1.54, 1.807) is 0 Å². The molecule has 0 spiro atoms. The van der Waals surface area contributed by atoms with Crippen molar-refractivity contribution in [3.05, 3.63) is 0 Å². The van der Waals surface area contributed by atoms with E-state index in [1.807, 2.05) is 0 Å². The zero-order chi connectivity index (χ0) is 21.4. The average molecular weight is 551 g/mol. The Morgan fingerprint density at radius 3 is 0.889 bits per heavy atom. The molecule has 0 fully saturated rings. The Morgan fingerprint density at radius 2 is 0.741 bits per heavy atom. The Hall–Kier alpha value is 0.710. The fraction of sp³-hybridized carbons (Fsp3) is 1.00. The molecule has 0 aromatic heterocycles. The van der Waals surface area contributed by atoms with Crippen LogP contribution in [0.4, 0.5) is 0 Å². The van der Waals surface area contributed by atoms with E-state index in [2.05, 4.69) is 94.9 Å². The van der Waals surface area contributed by atoms with Gasteiger partial charge in [0.1, 0.15) is 0 Å². The molecule has 0 aromatic carbocycles. The van der Waals surface area contributed by atoms with Crippen LogP contribution in [0.1, 0.15) is 69.2 Å². The van der Waals surface area contributed by atoms with Gasteiger partial charge in [-0.05, 0) is 0 Å². The summed E-state index contributed by atoms with van der Waals surface area (Å²) in [5.74, 6) is 2.77. The molecule has 4 nitrogen and oxygen atoms in total. The minimum atomic E-state index is -3.37. The summed E-state index contributed by atoms with van der Waals surface area (Å²) >= 11 is -3.37. The molecular formula is C22H52HfN4. The number of nitrogens with zero attached hydrogens (tertiary/aromatic N) is 4. The van der Waals surface area contributed by atoms with Crippen molar-refractivity contribution < 1.29 is 21.1 Å². The predicted octanol–water partition coefficient (Wildman–Crippen LogP) is 4.93. The Balaban J connectivity index is 6.55. The standard InChI is InChI=1S/2C8H18N.2C3H8N.Hf/c2*1-7(2)5-9-6-8(3)4;2*1-3-4-2;/h2*7-8H,5-6H2,1-4H3;2*3H2,1-2H3;/q4*-1;+4. The maximum atomic E-state index is 2.99. The van der Waals surface area contributed by atoms with Gasteiger partial charge in [-0.1, -0.05) is 0 Å². The predicted molar refractivity (Wildman–Crippen MR) is 119 cm³/mol. The van der Waals surface area contributed by atoms with Gasteiger partial charge in [0.2, 0.25) is 0 Å². The molecule has 0 atom stereocenters. The van der Waals surface area contributed by atoms with E-state index in [-0.39, 0.29) is 0 Å². The molecule has 0 radical (unpaired) electrons. The number of hydrogen-bond acceptors (Lipinski definition) is 4. The SMILES string of the molecule is CC[N](C)[Hf]([N](C)CC)([N](CC(C)C)CC(C)C)[N](CC(C)C)CC(C)C. The van der Waals surface area contributed by atoms with Crippen LogP contribution >= 0.6 is 0 Å². The molecule has 27 heavy (non-hydrogen) atoms. The molecule has 0 rings (SSSR count). The molecule has 0 aromatic rings. The van der Waals surface area contributed by atoms with Crippen LogP contribution in [0.15, 0.2) is 0 Å². The number of rotatable bonds is 14. The zero-order valence-corrected chi connectivity index (χ0v) is 24.4. The van der Waals surface area contributed by atoms with Crippen LogP contribution in [0.5, 0.6) is 0 Å². The van der Waals surface area contributed by atoms with Gasteiger partial charge in [0, 0.05) is 0 Å². The summed E-state index contributed by atoms with van der Waals surface area (Å²) in [5.41, 5.74) is 0. The molecule has 0 aliphatic rings. The topological polar surface area (TPSA) is 13.0 Å². The van der Waals surface area contributed by atoms with Crippen molar-refractivity contribution in [2.45, 2.75) is 69.2 Å². The van der Waals surface area contributed by atoms with E-state index in [1.165, 1.54) is 26.2 Å². The van der Waals surface area contributed by atoms with Crippen molar-refractivity contribution in [2.75, 3.05) is 53.4 Å². The van der Waals surface area contributed by atoms with Gasteiger partial charge in [-0.25, -0.2) is 0 Å². The molecule has 164 valence electrons. The molecule has 0 saturated carbocycles. The average Bonchev–Trinajstić information content (AvgIpc) is 2.52. The van der Waals surface area contributed by atoms with Gasteiger partial charge in [0.05, 0.1) is 0 Å². The molecule has 5 heteroatoms. The number of hydrogen-bond donors (Lipinski definition) is 0. The Morgan fingerprint density at radius 1 is 0.519 bits per heavy atom. The van der Waals surface area contributed by atoms with E-state index in [0.717, 1.165) is 13.1 Å². The third-order valence-electron chi connectivity index (χ3n) is 5.16. The summed E-state index contributed by atoms with van der Waals surface area (Å²) in [5, 5.41) is 0. The van der Waals surface area contributed by atoms with Crippen LogP contribution in [0.25, 0.3) is 0 Å². The normalized spacial score (nSPS) is 13.8. The summed E-state index contributed by atoms with van der Waals surface area (Å²) in [7, 11) is 4.82. The summed E-state index contributed by atoms with van der Waals surface area (Å²) < 4.78 is 11.6. The van der Waals surface area contributed by atoms with Crippen LogP contribution in [0.3, 0.4) is 0 Å². The second-order valence-corrected chi connectivity index (χ2v) is 24.4. The van der Waals surface area contributed by atoms with Gasteiger partial charge in [-0.15, -0.1) is 0 Å². The van der Waals surface area contributed by atoms with Crippen LogP contribution in [0.2, 0.25) is 0 Å². The van der Waals surface area contributed by atoms with Gasteiger partial charge in [0.15, 0.2) is 0 Å². The van der Waals surface area contributed by atoms with Gasteiger partial charge in [-0.3, -0.25) is 0 Å². The summed E-state index contributed by atoms with van der Waals surface area (Å²) in [6.07, 6.45) is 0. The van der Waals surface area contributed by atoms with Crippen molar-refractivity contribution in [3.63, 3.8) is 0 Å². The molecule has 0 aliphatic carbocycles. The Labute approximate surface area is 178 Å². The van der Waals surface area contributed by atoms with E-state index in [9.17, 15) is 0 Å². The summed E-state index contributed by atoms with van der Waals surface area (Å²) in [6, 6.07) is 0. The van der Waals surface area contributed by atoms with Crippen molar-refractivity contribution in [3.8, 4) is 0 Å². The Kier molecular flexibility index (Phi) is 13.4. The van der Waals surface area contributed by atoms with Crippen LogP contribution in [0, 0.1) is 23.7 Å². The van der Waals surface area contributed by atoms with E-state index < -0.39 is 21.1 Å². The first-order valence-electron chi connectivity index (χ1n) is 11.4. The van der Waals surface area contributed by atoms with E-state index in [0.29, 0.717) is 23.7 Å². The second kappa shape index (κ2) is 13.1. The zero-order valence-electron chi connectivity index (χ0n) is 20.8. The molecule has 0 unspecified atom stereocenters. The first-order chi connectivity index (χ1) is 12.4. The monoisotopic (exact) mass is 552 g/mol. The van der Waals surface area contributed by atoms with Gasteiger partial charge < -0.3 is 0 Å². The molecule has 0 amide bonds. The van der Waals surface area contributed by atoms with Crippen molar-refractivity contribution >= 4 is 0 Å². The van der Waals surface area contributed by atoms with Crippen molar-refractivity contribution in [1.29, 1.82) is 0 Å². The van der Waals surface area contributed by atoms with Crippen LogP contribution in [-0.2, 0) is 21.1 Å². The molecule has 0 saturated heterocycles. The fourth-order valence-corrected chi connectivity index (χ4v) is 26.6. The van der Waals surface area contributed by atoms with E-state index in [4.69, 9.17) is 0 Å². The molecule has 0 N–H and O–H groups in total. The van der Waals surface area contributed by atoms with Crippen LogP contribution in [-0.4, -0.2) is 64.9 Å². The molecule has 0 bridgehead atoms. The fourth-order valence-electron chi connectivity index (χ4n) is 4.28. The first-order valence-corrected chi connectivity index (χ1v) is 17.8. The van der Waals surface area contributed by atoms with Crippen molar-refractivity contribution in [2.24, 2.45) is 23.7 Å². The van der Waals surface area contributed by atoms with Crippen LogP contribution < -0.4 is 0 Å². The second-order valence-electron chi connectivity index (χ2n) is 10.0. The summed E-state index contributed by atoms with van der Waals surface area (Å²) in [6.45, 7) is 30.9. The quantitative estimate of drug-likeness (QED) is 0.284. The first kappa shape index (κ1) is 27.7. The van der Waals surface area contributed by atoms with E-state index >= 15 is 0 Å². The van der Waals surface area contributed by atoms with Crippen molar-refractivity contribution in [1.82, 2.24) is 11.6 Å². The summed E-state index contributed by atoms with van der Waals surface area (Å²) in [4.78, 5) is 0. The third kappa shape index (κ3) is 8.16. The Bertz CT molecular complexity index is 329. The van der Waals surface area contributed by atoms with Gasteiger partial charge in [0.25, 0.3) is 0 Å². The maximum absolute atomic E-state index is 3.37. The molecule has 0 heterocycles.